The molecule has 0 saturated carbocycles. The maximum Gasteiger partial charge on any atom is 1.00 e. The van der Waals surface area contributed by atoms with Crippen LogP contribution in [0.15, 0.2) is 109 Å². The topological polar surface area (TPSA) is 184 Å². The number of benzene rings is 4. The molecule has 0 saturated heterocycles. The zero-order chi connectivity index (χ0) is 25.2. The molecule has 15 heteroatoms. The SMILES string of the molecule is O=S(=O)([O-])c1cc(N=Nc2ccc(N=Nc3ccccc3)cc2)c(O)c2c(S(=O)(=O)[O-])cccc12.[Na+].[Na+]. The van der Waals surface area contributed by atoms with Crippen molar-refractivity contribution < 1.29 is 90.2 Å². The number of phenolic OH excluding ortho intramolecular Hbond substituents is 1. The van der Waals surface area contributed by atoms with Gasteiger partial charge in [-0.3, -0.25) is 0 Å². The Bertz CT molecular complexity index is 1700. The van der Waals surface area contributed by atoms with Gasteiger partial charge in [-0.25, -0.2) is 16.8 Å². The van der Waals surface area contributed by atoms with E-state index < -0.39 is 52.2 Å². The van der Waals surface area contributed by atoms with Crippen molar-refractivity contribution in [2.24, 2.45) is 20.5 Å². The summed E-state index contributed by atoms with van der Waals surface area (Å²) in [6.45, 7) is 0. The number of hydrogen-bond acceptors (Lipinski definition) is 11. The first-order chi connectivity index (χ1) is 16.5. The summed E-state index contributed by atoms with van der Waals surface area (Å²) in [5.41, 5.74) is 0.910. The minimum absolute atomic E-state index is 0. The molecular weight excluding hydrogens is 542 g/mol. The molecule has 0 radical (unpaired) electrons. The third kappa shape index (κ3) is 7.51. The van der Waals surface area contributed by atoms with Crippen molar-refractivity contribution in [3.8, 4) is 5.75 Å². The summed E-state index contributed by atoms with van der Waals surface area (Å²) in [5.74, 6) is -0.820. The van der Waals surface area contributed by atoms with E-state index in [4.69, 9.17) is 0 Å². The molecule has 0 spiro atoms. The van der Waals surface area contributed by atoms with Crippen molar-refractivity contribution in [3.05, 3.63) is 78.9 Å². The average molecular weight is 556 g/mol. The van der Waals surface area contributed by atoms with Crippen molar-refractivity contribution in [1.82, 2.24) is 0 Å². The summed E-state index contributed by atoms with van der Waals surface area (Å²) in [4.78, 5) is -1.76. The van der Waals surface area contributed by atoms with E-state index in [9.17, 15) is 31.0 Å². The Morgan fingerprint density at radius 2 is 1.08 bits per heavy atom. The molecule has 0 aromatic heterocycles. The Balaban J connectivity index is 0.00000241. The summed E-state index contributed by atoms with van der Waals surface area (Å²) >= 11 is 0. The Morgan fingerprint density at radius 3 is 1.59 bits per heavy atom. The maximum absolute atomic E-state index is 11.8. The Kier molecular flexibility index (Phi) is 10.7. The molecule has 0 unspecified atom stereocenters. The number of nitrogens with zero attached hydrogens (tertiary/aromatic N) is 4. The Labute approximate surface area is 256 Å². The Morgan fingerprint density at radius 1 is 0.595 bits per heavy atom. The second-order valence-corrected chi connectivity index (χ2v) is 9.78. The predicted octanol–water partition coefficient (Wildman–Crippen LogP) is -0.808. The molecule has 0 aliphatic rings. The third-order valence-electron chi connectivity index (χ3n) is 4.74. The molecule has 0 amide bonds. The molecule has 37 heavy (non-hydrogen) atoms. The summed E-state index contributed by atoms with van der Waals surface area (Å²) < 4.78 is 70.4. The molecule has 11 nitrogen and oxygen atoms in total. The summed E-state index contributed by atoms with van der Waals surface area (Å²) in [6.07, 6.45) is 0. The van der Waals surface area contributed by atoms with Crippen LogP contribution in [0, 0.1) is 0 Å². The first-order valence-electron chi connectivity index (χ1n) is 9.73. The van der Waals surface area contributed by atoms with E-state index >= 15 is 0 Å². The van der Waals surface area contributed by atoms with E-state index in [1.165, 1.54) is 12.1 Å². The molecular formula is C22H14N4Na2O7S2. The minimum Gasteiger partial charge on any atom is -0.744 e. The van der Waals surface area contributed by atoms with Crippen LogP contribution in [0.4, 0.5) is 22.7 Å². The monoisotopic (exact) mass is 556 g/mol. The van der Waals surface area contributed by atoms with E-state index in [0.29, 0.717) is 11.4 Å². The fraction of sp³-hybridized carbons (Fsp3) is 0. The number of azo groups is 2. The number of fused-ring (bicyclic) bond motifs is 1. The molecule has 0 bridgehead atoms. The smallest absolute Gasteiger partial charge is 0.744 e. The number of aromatic hydroxyl groups is 1. The minimum atomic E-state index is -5.13. The average Bonchev–Trinajstić information content (AvgIpc) is 2.82. The Hall–Kier alpha value is -2.04. The molecule has 0 aliphatic carbocycles. The van der Waals surface area contributed by atoms with Gasteiger partial charge in [0.15, 0.2) is 5.75 Å². The molecule has 0 atom stereocenters. The van der Waals surface area contributed by atoms with Gasteiger partial charge >= 0.3 is 59.1 Å². The van der Waals surface area contributed by atoms with Crippen molar-refractivity contribution in [2.75, 3.05) is 0 Å². The van der Waals surface area contributed by atoms with Crippen molar-refractivity contribution in [1.29, 1.82) is 0 Å². The van der Waals surface area contributed by atoms with Crippen LogP contribution in [0.2, 0.25) is 0 Å². The van der Waals surface area contributed by atoms with Gasteiger partial charge in [0.05, 0.1) is 26.9 Å². The second-order valence-electron chi connectivity index (χ2n) is 7.08. The summed E-state index contributed by atoms with van der Waals surface area (Å²) in [7, 11) is -10.3. The molecule has 4 aromatic rings. The fourth-order valence-corrected chi connectivity index (χ4v) is 4.58. The molecule has 4 aromatic carbocycles. The van der Waals surface area contributed by atoms with Gasteiger partial charge in [0, 0.05) is 10.8 Å². The molecule has 0 heterocycles. The molecule has 0 fully saturated rings. The normalized spacial score (nSPS) is 11.9. The molecule has 4 rings (SSSR count). The molecule has 1 N–H and O–H groups in total. The molecule has 0 aliphatic heterocycles. The predicted molar refractivity (Wildman–Crippen MR) is 123 cm³/mol. The van der Waals surface area contributed by atoms with Gasteiger partial charge in [0.1, 0.15) is 25.9 Å². The maximum atomic E-state index is 11.8. The number of rotatable bonds is 6. The number of hydrogen-bond donors (Lipinski definition) is 1. The van der Waals surface area contributed by atoms with Crippen LogP contribution in [0.5, 0.6) is 5.75 Å². The van der Waals surface area contributed by atoms with Crippen LogP contribution in [0.3, 0.4) is 0 Å². The van der Waals surface area contributed by atoms with E-state index in [1.54, 1.807) is 24.3 Å². The van der Waals surface area contributed by atoms with E-state index in [1.807, 2.05) is 18.2 Å². The van der Waals surface area contributed by atoms with Gasteiger partial charge in [-0.1, -0.05) is 30.3 Å². The zero-order valence-electron chi connectivity index (χ0n) is 19.5. The van der Waals surface area contributed by atoms with Crippen molar-refractivity contribution in [3.63, 3.8) is 0 Å². The summed E-state index contributed by atoms with van der Waals surface area (Å²) in [5, 5.41) is 25.4. The standard InChI is InChI=1S/C22H16N4O7S2.2Na/c27-22-18(13-20(35(31,32)33)17-7-4-8-19(21(17)22)34(28,29)30)26-25-16-11-9-15(10-12-16)24-23-14-5-2-1-3-6-14;;/h1-13,27H,(H,28,29,30)(H,31,32,33);;/q;2*+1/p-2. The van der Waals surface area contributed by atoms with Crippen LogP contribution in [0.1, 0.15) is 0 Å². The summed E-state index contributed by atoms with van der Waals surface area (Å²) in [6, 6.07) is 19.1. The van der Waals surface area contributed by atoms with Gasteiger partial charge < -0.3 is 14.2 Å². The van der Waals surface area contributed by atoms with Gasteiger partial charge in [0.25, 0.3) is 0 Å². The quantitative estimate of drug-likeness (QED) is 0.183. The van der Waals surface area contributed by atoms with E-state index in [-0.39, 0.29) is 64.8 Å². The van der Waals surface area contributed by atoms with Crippen LogP contribution in [-0.2, 0) is 20.2 Å². The first-order valence-corrected chi connectivity index (χ1v) is 12.5. The van der Waals surface area contributed by atoms with E-state index in [2.05, 4.69) is 20.5 Å². The van der Waals surface area contributed by atoms with Gasteiger partial charge in [-0.15, -0.1) is 5.11 Å². The van der Waals surface area contributed by atoms with Gasteiger partial charge in [-0.2, -0.15) is 15.3 Å². The van der Waals surface area contributed by atoms with Gasteiger partial charge in [0.2, 0.25) is 0 Å². The zero-order valence-corrected chi connectivity index (χ0v) is 25.1. The second kappa shape index (κ2) is 12.7. The third-order valence-corrected chi connectivity index (χ3v) is 6.49. The molecule has 178 valence electrons. The van der Waals surface area contributed by atoms with Gasteiger partial charge in [-0.05, 0) is 48.5 Å². The van der Waals surface area contributed by atoms with Crippen molar-refractivity contribution in [2.45, 2.75) is 9.79 Å². The fourth-order valence-electron chi connectivity index (χ4n) is 3.18. The van der Waals surface area contributed by atoms with Crippen molar-refractivity contribution >= 4 is 53.8 Å². The van der Waals surface area contributed by atoms with Crippen LogP contribution < -0.4 is 59.1 Å². The van der Waals surface area contributed by atoms with Crippen LogP contribution in [0.25, 0.3) is 10.8 Å². The largest absolute Gasteiger partial charge is 1.00 e. The van der Waals surface area contributed by atoms with Crippen LogP contribution >= 0.6 is 0 Å². The van der Waals surface area contributed by atoms with Crippen LogP contribution in [-0.4, -0.2) is 31.0 Å². The van der Waals surface area contributed by atoms with E-state index in [0.717, 1.165) is 24.3 Å². The first kappa shape index (κ1) is 31.2. The number of phenols is 1.